The lowest BCUT2D eigenvalue weighted by atomic mass is 9.78. The molecule has 30 heavy (non-hydrogen) atoms. The Kier molecular flexibility index (Phi) is 6.84. The molecular formula is C24H30N2O4. The van der Waals surface area contributed by atoms with Crippen LogP contribution in [0.5, 0.6) is 11.5 Å². The van der Waals surface area contributed by atoms with E-state index in [2.05, 4.69) is 4.98 Å². The number of likely N-dealkylation sites (tertiary alicyclic amines) is 1. The fourth-order valence-electron chi connectivity index (χ4n) is 4.42. The van der Waals surface area contributed by atoms with Crippen LogP contribution in [0.2, 0.25) is 0 Å². The van der Waals surface area contributed by atoms with Crippen LogP contribution in [0, 0.1) is 5.92 Å². The summed E-state index contributed by atoms with van der Waals surface area (Å²) in [7, 11) is 0. The van der Waals surface area contributed by atoms with Gasteiger partial charge in [0.2, 0.25) is 0 Å². The van der Waals surface area contributed by atoms with Gasteiger partial charge in [0.25, 0.3) is 5.91 Å². The number of piperidine rings is 1. The molecule has 0 N–H and O–H groups in total. The molecule has 4 rings (SSSR count). The van der Waals surface area contributed by atoms with Gasteiger partial charge in [0.05, 0.1) is 18.4 Å². The van der Waals surface area contributed by atoms with Gasteiger partial charge in [0.1, 0.15) is 11.5 Å². The predicted molar refractivity (Wildman–Crippen MR) is 114 cm³/mol. The molecule has 2 aliphatic heterocycles. The van der Waals surface area contributed by atoms with Crippen LogP contribution >= 0.6 is 0 Å². The smallest absolute Gasteiger partial charge is 0.260 e. The fourth-order valence-corrected chi connectivity index (χ4v) is 4.42. The van der Waals surface area contributed by atoms with E-state index in [0.717, 1.165) is 63.3 Å². The van der Waals surface area contributed by atoms with E-state index in [1.807, 2.05) is 47.4 Å². The van der Waals surface area contributed by atoms with Gasteiger partial charge in [-0.25, -0.2) is 0 Å². The average molecular weight is 411 g/mol. The molecule has 160 valence electrons. The van der Waals surface area contributed by atoms with E-state index in [4.69, 9.17) is 14.2 Å². The third-order valence-electron chi connectivity index (χ3n) is 6.16. The second-order valence-corrected chi connectivity index (χ2v) is 8.20. The van der Waals surface area contributed by atoms with Gasteiger partial charge in [0, 0.05) is 25.9 Å². The van der Waals surface area contributed by atoms with Crippen LogP contribution in [0.4, 0.5) is 0 Å². The number of benzene rings is 1. The number of hydrogen-bond acceptors (Lipinski definition) is 5. The molecule has 1 aromatic carbocycles. The third-order valence-corrected chi connectivity index (χ3v) is 6.16. The second kappa shape index (κ2) is 9.94. The van der Waals surface area contributed by atoms with Gasteiger partial charge >= 0.3 is 0 Å². The highest BCUT2D eigenvalue weighted by Gasteiger charge is 2.41. The zero-order chi connectivity index (χ0) is 20.7. The Hall–Kier alpha value is -2.60. The van der Waals surface area contributed by atoms with E-state index in [1.54, 1.807) is 12.4 Å². The van der Waals surface area contributed by atoms with E-state index >= 15 is 0 Å². The Bertz CT molecular complexity index is 791. The van der Waals surface area contributed by atoms with Crippen molar-refractivity contribution in [3.63, 3.8) is 0 Å². The monoisotopic (exact) mass is 410 g/mol. The molecule has 0 radical (unpaired) electrons. The highest BCUT2D eigenvalue weighted by atomic mass is 16.5. The van der Waals surface area contributed by atoms with Crippen molar-refractivity contribution >= 4 is 5.91 Å². The topological polar surface area (TPSA) is 60.9 Å². The van der Waals surface area contributed by atoms with Gasteiger partial charge < -0.3 is 19.1 Å². The number of para-hydroxylation sites is 1. The second-order valence-electron chi connectivity index (χ2n) is 8.20. The highest BCUT2D eigenvalue weighted by Crippen LogP contribution is 2.38. The first-order valence-electron chi connectivity index (χ1n) is 10.8. The normalized spacial score (nSPS) is 20.7. The SMILES string of the molecule is O=C(COc1ccccc1)N1CCC2(CC1)CC(CCOc1cccnc1)CCO2. The molecule has 3 heterocycles. The largest absolute Gasteiger partial charge is 0.492 e. The van der Waals surface area contributed by atoms with E-state index in [9.17, 15) is 4.79 Å². The zero-order valence-electron chi connectivity index (χ0n) is 17.4. The number of nitrogens with zero attached hydrogens (tertiary/aromatic N) is 2. The number of pyridine rings is 1. The molecular weight excluding hydrogens is 380 g/mol. The average Bonchev–Trinajstić information content (AvgIpc) is 2.80. The van der Waals surface area contributed by atoms with Crippen molar-refractivity contribution in [2.24, 2.45) is 5.92 Å². The predicted octanol–water partition coefficient (Wildman–Crippen LogP) is 3.72. The van der Waals surface area contributed by atoms with E-state index in [-0.39, 0.29) is 18.1 Å². The molecule has 1 amide bonds. The first-order valence-corrected chi connectivity index (χ1v) is 10.8. The Balaban J connectivity index is 1.20. The van der Waals surface area contributed by atoms with Crippen molar-refractivity contribution in [2.75, 3.05) is 32.9 Å². The standard InChI is InChI=1S/C24H30N2O4/c27-23(19-29-21-5-2-1-3-6-21)26-13-10-24(11-14-26)17-20(9-16-30-24)8-15-28-22-7-4-12-25-18-22/h1-7,12,18,20H,8-11,13-17,19H2. The van der Waals surface area contributed by atoms with Crippen molar-refractivity contribution in [3.8, 4) is 11.5 Å². The van der Waals surface area contributed by atoms with Crippen molar-refractivity contribution in [2.45, 2.75) is 37.7 Å². The highest BCUT2D eigenvalue weighted by molar-refractivity contribution is 5.77. The van der Waals surface area contributed by atoms with Crippen molar-refractivity contribution in [3.05, 3.63) is 54.9 Å². The van der Waals surface area contributed by atoms with Crippen LogP contribution < -0.4 is 9.47 Å². The maximum absolute atomic E-state index is 12.5. The Labute approximate surface area is 178 Å². The van der Waals surface area contributed by atoms with Crippen molar-refractivity contribution < 1.29 is 19.0 Å². The molecule has 2 fully saturated rings. The lowest BCUT2D eigenvalue weighted by Crippen LogP contribution is -2.51. The van der Waals surface area contributed by atoms with Crippen molar-refractivity contribution in [1.29, 1.82) is 0 Å². The lowest BCUT2D eigenvalue weighted by Gasteiger charge is -2.46. The first kappa shape index (κ1) is 20.7. The molecule has 2 aromatic rings. The minimum Gasteiger partial charge on any atom is -0.492 e. The summed E-state index contributed by atoms with van der Waals surface area (Å²) in [5, 5.41) is 0. The molecule has 2 saturated heterocycles. The van der Waals surface area contributed by atoms with Crippen LogP contribution in [0.1, 0.15) is 32.1 Å². The number of aromatic nitrogens is 1. The summed E-state index contributed by atoms with van der Waals surface area (Å²) in [5.41, 5.74) is -0.0890. The van der Waals surface area contributed by atoms with E-state index in [0.29, 0.717) is 12.5 Å². The van der Waals surface area contributed by atoms with Crippen molar-refractivity contribution in [1.82, 2.24) is 9.88 Å². The van der Waals surface area contributed by atoms with Gasteiger partial charge in [0.15, 0.2) is 6.61 Å². The van der Waals surface area contributed by atoms with Crippen LogP contribution in [0.25, 0.3) is 0 Å². The summed E-state index contributed by atoms with van der Waals surface area (Å²) in [6, 6.07) is 13.3. The molecule has 2 aliphatic rings. The molecule has 0 saturated carbocycles. The summed E-state index contributed by atoms with van der Waals surface area (Å²) < 4.78 is 17.7. The van der Waals surface area contributed by atoms with Gasteiger partial charge in [-0.1, -0.05) is 18.2 Å². The lowest BCUT2D eigenvalue weighted by molar-refractivity contribution is -0.149. The summed E-state index contributed by atoms with van der Waals surface area (Å²) in [6.45, 7) is 3.05. The summed E-state index contributed by atoms with van der Waals surface area (Å²) in [6.07, 6.45) is 8.43. The van der Waals surface area contributed by atoms with Gasteiger partial charge in [-0.2, -0.15) is 0 Å². The molecule has 6 heteroatoms. The minimum absolute atomic E-state index is 0.0472. The molecule has 0 aliphatic carbocycles. The summed E-state index contributed by atoms with van der Waals surface area (Å²) >= 11 is 0. The Morgan fingerprint density at radius 3 is 2.67 bits per heavy atom. The molecule has 1 atom stereocenters. The number of amides is 1. The van der Waals surface area contributed by atoms with Crippen LogP contribution in [-0.2, 0) is 9.53 Å². The van der Waals surface area contributed by atoms with E-state index in [1.165, 1.54) is 0 Å². The molecule has 6 nitrogen and oxygen atoms in total. The molecule has 1 unspecified atom stereocenters. The van der Waals surface area contributed by atoms with E-state index < -0.39 is 0 Å². The number of carbonyl (C=O) groups is 1. The molecule has 1 aromatic heterocycles. The summed E-state index contributed by atoms with van der Waals surface area (Å²) in [4.78, 5) is 18.5. The van der Waals surface area contributed by atoms with Crippen LogP contribution in [0.15, 0.2) is 54.9 Å². The minimum atomic E-state index is -0.0890. The zero-order valence-corrected chi connectivity index (χ0v) is 17.4. The quantitative estimate of drug-likeness (QED) is 0.696. The first-order chi connectivity index (χ1) is 14.7. The maximum atomic E-state index is 12.5. The Morgan fingerprint density at radius 2 is 1.90 bits per heavy atom. The fraction of sp³-hybridized carbons (Fsp3) is 0.500. The maximum Gasteiger partial charge on any atom is 0.260 e. The summed E-state index contributed by atoms with van der Waals surface area (Å²) in [5.74, 6) is 2.19. The van der Waals surface area contributed by atoms with Crippen LogP contribution in [-0.4, -0.2) is 54.3 Å². The number of rotatable bonds is 7. The molecule has 0 bridgehead atoms. The number of ether oxygens (including phenoxy) is 3. The van der Waals surface area contributed by atoms with Gasteiger partial charge in [-0.3, -0.25) is 9.78 Å². The van der Waals surface area contributed by atoms with Gasteiger partial charge in [-0.15, -0.1) is 0 Å². The molecule has 1 spiro atoms. The third kappa shape index (κ3) is 5.51. The van der Waals surface area contributed by atoms with Crippen LogP contribution in [0.3, 0.4) is 0 Å². The van der Waals surface area contributed by atoms with Gasteiger partial charge in [-0.05, 0) is 62.3 Å². The Morgan fingerprint density at radius 1 is 1.10 bits per heavy atom. The number of hydrogen-bond donors (Lipinski definition) is 0. The number of carbonyl (C=O) groups excluding carboxylic acids is 1.